The fourth-order valence-corrected chi connectivity index (χ4v) is 5.64. The summed E-state index contributed by atoms with van der Waals surface area (Å²) in [4.78, 5) is 24.9. The van der Waals surface area contributed by atoms with Crippen LogP contribution in [0.15, 0.2) is 53.4 Å². The fraction of sp³-hybridized carbons (Fsp3) is 0.440. The Kier molecular flexibility index (Phi) is 10.4. The predicted octanol–water partition coefficient (Wildman–Crippen LogP) is 5.24. The number of halogens is 1. The van der Waals surface area contributed by atoms with E-state index in [-0.39, 0.29) is 5.78 Å². The highest BCUT2D eigenvalue weighted by Gasteiger charge is 2.42. The molecule has 0 radical (unpaired) electrons. The first kappa shape index (κ1) is 26.1. The van der Waals surface area contributed by atoms with Crippen molar-refractivity contribution in [3.05, 3.63) is 59.1 Å². The van der Waals surface area contributed by atoms with Crippen LogP contribution in [0.25, 0.3) is 0 Å². The van der Waals surface area contributed by atoms with Crippen molar-refractivity contribution in [2.24, 2.45) is 5.73 Å². The molecule has 1 unspecified atom stereocenters. The summed E-state index contributed by atoms with van der Waals surface area (Å²) in [7, 11) is -1.54. The summed E-state index contributed by atoms with van der Waals surface area (Å²) >= 11 is 5.86. The minimum atomic E-state index is -1.54. The van der Waals surface area contributed by atoms with E-state index in [1.165, 1.54) is 0 Å². The molecule has 2 rings (SSSR count). The van der Waals surface area contributed by atoms with Crippen molar-refractivity contribution in [2.75, 3.05) is 6.61 Å². The maximum absolute atomic E-state index is 13.2. The number of primary amides is 1. The second-order valence-electron chi connectivity index (χ2n) is 7.89. The van der Waals surface area contributed by atoms with Crippen LogP contribution in [0.3, 0.4) is 0 Å². The number of carbonyl (C=O) groups excluding carboxylic acids is 2. The van der Waals surface area contributed by atoms with E-state index in [0.29, 0.717) is 54.4 Å². The van der Waals surface area contributed by atoms with Gasteiger partial charge in [-0.15, -0.1) is 0 Å². The number of rotatable bonds is 14. The molecule has 0 aromatic heterocycles. The average Bonchev–Trinajstić information content (AvgIpc) is 2.78. The highest BCUT2D eigenvalue weighted by Crippen LogP contribution is 2.32. The van der Waals surface area contributed by atoms with Gasteiger partial charge in [0.1, 0.15) is 16.3 Å². The van der Waals surface area contributed by atoms with Crippen molar-refractivity contribution < 1.29 is 18.5 Å². The lowest BCUT2D eigenvalue weighted by Gasteiger charge is -2.29. The van der Waals surface area contributed by atoms with Crippen molar-refractivity contribution in [3.8, 4) is 5.75 Å². The second kappa shape index (κ2) is 12.8. The van der Waals surface area contributed by atoms with Gasteiger partial charge < -0.3 is 10.5 Å². The largest absolute Gasteiger partial charge is 0.494 e. The summed E-state index contributed by atoms with van der Waals surface area (Å²) in [6.07, 6.45) is 3.86. The van der Waals surface area contributed by atoms with Crippen molar-refractivity contribution in [1.82, 2.24) is 0 Å². The summed E-state index contributed by atoms with van der Waals surface area (Å²) in [5, 5.41) is 0.653. The standard InChI is InChI=1S/C25H32ClNO4S/c1-3-15-25(16-4-2,24(27)29)32(30)23-13-11-22(12-14-23)31-17-5-6-21(28)18-19-7-9-20(26)10-8-19/h7-14H,3-6,15-18H2,1-2H3,(H2,27,29). The monoisotopic (exact) mass is 477 g/mol. The van der Waals surface area contributed by atoms with Gasteiger partial charge in [0.15, 0.2) is 0 Å². The van der Waals surface area contributed by atoms with Crippen LogP contribution in [0.4, 0.5) is 0 Å². The Morgan fingerprint density at radius 3 is 2.12 bits per heavy atom. The van der Waals surface area contributed by atoms with E-state index >= 15 is 0 Å². The summed E-state index contributed by atoms with van der Waals surface area (Å²) in [5.74, 6) is 0.269. The third kappa shape index (κ3) is 7.17. The van der Waals surface area contributed by atoms with E-state index in [2.05, 4.69) is 0 Å². The lowest BCUT2D eigenvalue weighted by atomic mass is 9.96. The molecular weight excluding hydrogens is 446 g/mol. The SMILES string of the molecule is CCCC(CCC)(C(N)=O)S(=O)c1ccc(OCCCC(=O)Cc2ccc(Cl)cc2)cc1. The van der Waals surface area contributed by atoms with Crippen molar-refractivity contribution >= 4 is 34.1 Å². The van der Waals surface area contributed by atoms with Crippen LogP contribution in [0, 0.1) is 0 Å². The zero-order chi connectivity index (χ0) is 23.6. The fourth-order valence-electron chi connectivity index (χ4n) is 3.72. The van der Waals surface area contributed by atoms with Crippen LogP contribution >= 0.6 is 11.6 Å². The number of ether oxygens (including phenoxy) is 1. The molecule has 0 saturated carbocycles. The van der Waals surface area contributed by atoms with Crippen LogP contribution in [-0.2, 0) is 26.8 Å². The quantitative estimate of drug-likeness (QED) is 0.377. The molecule has 0 aliphatic rings. The first-order valence-corrected chi connectivity index (χ1v) is 12.6. The summed E-state index contributed by atoms with van der Waals surface area (Å²) in [5.41, 5.74) is 6.63. The molecule has 0 spiro atoms. The van der Waals surface area contributed by atoms with Gasteiger partial charge in [-0.3, -0.25) is 13.8 Å². The van der Waals surface area contributed by atoms with Crippen LogP contribution in [0.1, 0.15) is 57.9 Å². The molecule has 174 valence electrons. The normalized spacial score (nSPS) is 12.3. The van der Waals surface area contributed by atoms with Crippen LogP contribution in [0.2, 0.25) is 5.02 Å². The maximum Gasteiger partial charge on any atom is 0.236 e. The number of benzene rings is 2. The van der Waals surface area contributed by atoms with E-state index < -0.39 is 21.5 Å². The lowest BCUT2D eigenvalue weighted by molar-refractivity contribution is -0.121. The van der Waals surface area contributed by atoms with E-state index in [0.717, 1.165) is 18.4 Å². The van der Waals surface area contributed by atoms with E-state index in [1.54, 1.807) is 36.4 Å². The van der Waals surface area contributed by atoms with Gasteiger partial charge in [-0.25, -0.2) is 0 Å². The Hall–Kier alpha value is -2.18. The Morgan fingerprint density at radius 1 is 1.00 bits per heavy atom. The number of Topliss-reactive ketones (excluding diaryl/α,β-unsaturated/α-hetero) is 1. The Labute approximate surface area is 198 Å². The first-order valence-electron chi connectivity index (χ1n) is 11.0. The van der Waals surface area contributed by atoms with Gasteiger partial charge in [-0.05, 0) is 61.2 Å². The van der Waals surface area contributed by atoms with Gasteiger partial charge in [0.25, 0.3) is 0 Å². The Morgan fingerprint density at radius 2 is 1.59 bits per heavy atom. The van der Waals surface area contributed by atoms with Crippen LogP contribution < -0.4 is 10.5 Å². The van der Waals surface area contributed by atoms with Gasteiger partial charge in [0.2, 0.25) is 5.91 Å². The predicted molar refractivity (Wildman–Crippen MR) is 129 cm³/mol. The molecule has 7 heteroatoms. The van der Waals surface area contributed by atoms with Crippen molar-refractivity contribution in [2.45, 2.75) is 68.4 Å². The van der Waals surface area contributed by atoms with Crippen molar-refractivity contribution in [3.63, 3.8) is 0 Å². The molecule has 2 aromatic carbocycles. The van der Waals surface area contributed by atoms with E-state index in [9.17, 15) is 13.8 Å². The van der Waals surface area contributed by atoms with Crippen molar-refractivity contribution in [1.29, 1.82) is 0 Å². The topological polar surface area (TPSA) is 86.5 Å². The maximum atomic E-state index is 13.2. The molecule has 2 N–H and O–H groups in total. The summed E-state index contributed by atoms with van der Waals surface area (Å²) in [6, 6.07) is 14.2. The van der Waals surface area contributed by atoms with Crippen LogP contribution in [0.5, 0.6) is 5.75 Å². The number of carbonyl (C=O) groups is 2. The molecule has 0 heterocycles. The molecule has 1 atom stereocenters. The number of hydrogen-bond acceptors (Lipinski definition) is 4. The van der Waals surface area contributed by atoms with Gasteiger partial charge >= 0.3 is 0 Å². The van der Waals surface area contributed by atoms with Gasteiger partial charge in [0.05, 0.1) is 17.4 Å². The molecule has 0 bridgehead atoms. The van der Waals surface area contributed by atoms with E-state index in [1.807, 2.05) is 26.0 Å². The first-order chi connectivity index (χ1) is 15.3. The molecule has 0 aliphatic heterocycles. The Bertz CT molecular complexity index is 907. The highest BCUT2D eigenvalue weighted by molar-refractivity contribution is 7.87. The zero-order valence-corrected chi connectivity index (χ0v) is 20.3. The molecule has 2 aromatic rings. The molecule has 0 saturated heterocycles. The number of amides is 1. The molecule has 0 fully saturated rings. The zero-order valence-electron chi connectivity index (χ0n) is 18.8. The van der Waals surface area contributed by atoms with Gasteiger partial charge in [0, 0.05) is 22.8 Å². The average molecular weight is 478 g/mol. The number of nitrogens with two attached hydrogens (primary N) is 1. The molecule has 1 amide bonds. The minimum Gasteiger partial charge on any atom is -0.494 e. The third-order valence-electron chi connectivity index (χ3n) is 5.33. The number of hydrogen-bond donors (Lipinski definition) is 1. The molecular formula is C25H32ClNO4S. The molecule has 0 aliphatic carbocycles. The lowest BCUT2D eigenvalue weighted by Crippen LogP contribution is -2.47. The Balaban J connectivity index is 1.87. The third-order valence-corrected chi connectivity index (χ3v) is 7.60. The summed E-state index contributed by atoms with van der Waals surface area (Å²) < 4.78 is 17.9. The smallest absolute Gasteiger partial charge is 0.236 e. The number of ketones is 1. The van der Waals surface area contributed by atoms with Gasteiger partial charge in [-0.2, -0.15) is 0 Å². The molecule has 5 nitrogen and oxygen atoms in total. The molecule has 32 heavy (non-hydrogen) atoms. The van der Waals surface area contributed by atoms with Crippen LogP contribution in [-0.4, -0.2) is 27.3 Å². The summed E-state index contributed by atoms with van der Waals surface area (Å²) in [6.45, 7) is 4.33. The minimum absolute atomic E-state index is 0.149. The van der Waals surface area contributed by atoms with Gasteiger partial charge in [-0.1, -0.05) is 50.4 Å². The second-order valence-corrected chi connectivity index (χ2v) is 10.1. The van der Waals surface area contributed by atoms with E-state index in [4.69, 9.17) is 22.1 Å². The highest BCUT2D eigenvalue weighted by atomic mass is 35.5.